The first-order valence-corrected chi connectivity index (χ1v) is 5.35. The highest BCUT2D eigenvalue weighted by atomic mass is 35.5. The van der Waals surface area contributed by atoms with Crippen molar-refractivity contribution in [3.63, 3.8) is 0 Å². The summed E-state index contributed by atoms with van der Waals surface area (Å²) >= 11 is 5.79. The molecule has 2 nitrogen and oxygen atoms in total. The maximum Gasteiger partial charge on any atom is 0.165 e. The quantitative estimate of drug-likeness (QED) is 0.779. The van der Waals surface area contributed by atoms with Crippen LogP contribution in [0.3, 0.4) is 0 Å². The minimum atomic E-state index is -0.688. The molecule has 0 N–H and O–H groups in total. The fourth-order valence-corrected chi connectivity index (χ4v) is 1.56. The number of hydrogen-bond donors (Lipinski definition) is 0. The van der Waals surface area contributed by atoms with Crippen molar-refractivity contribution in [1.82, 2.24) is 0 Å². The highest BCUT2D eigenvalue weighted by Crippen LogP contribution is 2.28. The van der Waals surface area contributed by atoms with E-state index in [4.69, 9.17) is 16.3 Å². The van der Waals surface area contributed by atoms with Gasteiger partial charge in [-0.3, -0.25) is 4.79 Å². The number of benzene rings is 2. The van der Waals surface area contributed by atoms with E-state index in [1.165, 1.54) is 18.2 Å². The molecule has 0 aromatic heterocycles. The lowest BCUT2D eigenvalue weighted by molar-refractivity contribution is 0.112. The van der Waals surface area contributed by atoms with Crippen molar-refractivity contribution in [1.29, 1.82) is 0 Å². The Labute approximate surface area is 107 Å². The average Bonchev–Trinajstić information content (AvgIpc) is 2.34. The molecule has 0 radical (unpaired) electrons. The molecule has 18 heavy (non-hydrogen) atoms. The first kappa shape index (κ1) is 12.5. The van der Waals surface area contributed by atoms with Crippen LogP contribution in [0.15, 0.2) is 36.4 Å². The predicted molar refractivity (Wildman–Crippen MR) is 63.3 cm³/mol. The number of aldehydes is 1. The van der Waals surface area contributed by atoms with Crippen LogP contribution in [-0.4, -0.2) is 6.29 Å². The van der Waals surface area contributed by atoms with Gasteiger partial charge in [0.1, 0.15) is 11.6 Å². The van der Waals surface area contributed by atoms with Crippen LogP contribution in [0.25, 0.3) is 0 Å². The van der Waals surface area contributed by atoms with Crippen LogP contribution in [0, 0.1) is 11.6 Å². The second-order valence-electron chi connectivity index (χ2n) is 3.48. The molecule has 5 heteroatoms. The van der Waals surface area contributed by atoms with Gasteiger partial charge < -0.3 is 4.74 Å². The molecule has 0 spiro atoms. The van der Waals surface area contributed by atoms with Gasteiger partial charge in [0.25, 0.3) is 0 Å². The van der Waals surface area contributed by atoms with E-state index in [1.54, 1.807) is 0 Å². The molecule has 2 aromatic carbocycles. The number of rotatable bonds is 3. The third-order valence-electron chi connectivity index (χ3n) is 2.22. The van der Waals surface area contributed by atoms with Gasteiger partial charge in [-0.15, -0.1) is 0 Å². The molecule has 0 saturated heterocycles. The summed E-state index contributed by atoms with van der Waals surface area (Å²) in [5.41, 5.74) is 0.295. The first-order chi connectivity index (χ1) is 8.60. The standard InChI is InChI=1S/C13H7ClF2O2/c14-11-6-10(3-1-8(11)7-17)18-13-5-9(15)2-4-12(13)16/h1-7H. The zero-order valence-electron chi connectivity index (χ0n) is 8.99. The molecule has 0 unspecified atom stereocenters. The van der Waals surface area contributed by atoms with E-state index in [0.717, 1.165) is 18.2 Å². The summed E-state index contributed by atoms with van der Waals surface area (Å²) in [7, 11) is 0. The monoisotopic (exact) mass is 268 g/mol. The van der Waals surface area contributed by atoms with Gasteiger partial charge in [-0.2, -0.15) is 0 Å². The van der Waals surface area contributed by atoms with Crippen molar-refractivity contribution in [2.24, 2.45) is 0 Å². The van der Waals surface area contributed by atoms with Crippen molar-refractivity contribution in [2.75, 3.05) is 0 Å². The van der Waals surface area contributed by atoms with Crippen LogP contribution in [0.4, 0.5) is 8.78 Å². The van der Waals surface area contributed by atoms with Crippen molar-refractivity contribution in [3.05, 3.63) is 58.6 Å². The zero-order chi connectivity index (χ0) is 13.1. The van der Waals surface area contributed by atoms with Crippen LogP contribution in [0.5, 0.6) is 11.5 Å². The second-order valence-corrected chi connectivity index (χ2v) is 3.89. The molecule has 0 saturated carbocycles. The Balaban J connectivity index is 2.31. The Morgan fingerprint density at radius 3 is 2.56 bits per heavy atom. The molecule has 0 aliphatic carbocycles. The Morgan fingerprint density at radius 2 is 1.89 bits per heavy atom. The van der Waals surface area contributed by atoms with Crippen LogP contribution < -0.4 is 4.74 Å². The molecule has 0 fully saturated rings. The fraction of sp³-hybridized carbons (Fsp3) is 0. The van der Waals surface area contributed by atoms with Gasteiger partial charge in [0.15, 0.2) is 17.9 Å². The van der Waals surface area contributed by atoms with Gasteiger partial charge in [0.05, 0.1) is 5.02 Å². The highest BCUT2D eigenvalue weighted by Gasteiger charge is 2.08. The predicted octanol–water partition coefficient (Wildman–Crippen LogP) is 4.22. The third kappa shape index (κ3) is 2.65. The molecule has 0 heterocycles. The van der Waals surface area contributed by atoms with Crippen LogP contribution in [0.2, 0.25) is 5.02 Å². The van der Waals surface area contributed by atoms with Crippen LogP contribution in [0.1, 0.15) is 10.4 Å². The van der Waals surface area contributed by atoms with Gasteiger partial charge >= 0.3 is 0 Å². The Kier molecular flexibility index (Phi) is 3.58. The maximum atomic E-state index is 13.3. The topological polar surface area (TPSA) is 26.3 Å². The first-order valence-electron chi connectivity index (χ1n) is 4.98. The third-order valence-corrected chi connectivity index (χ3v) is 2.55. The molecular formula is C13H7ClF2O2. The normalized spacial score (nSPS) is 10.2. The molecular weight excluding hydrogens is 262 g/mol. The lowest BCUT2D eigenvalue weighted by Gasteiger charge is -2.07. The second kappa shape index (κ2) is 5.14. The summed E-state index contributed by atoms with van der Waals surface area (Å²) in [6.07, 6.45) is 0.592. The number of ether oxygens (including phenoxy) is 1. The van der Waals surface area contributed by atoms with E-state index < -0.39 is 11.6 Å². The summed E-state index contributed by atoms with van der Waals surface area (Å²) in [6, 6.07) is 7.12. The molecule has 2 aromatic rings. The van der Waals surface area contributed by atoms with Crippen molar-refractivity contribution < 1.29 is 18.3 Å². The lowest BCUT2D eigenvalue weighted by Crippen LogP contribution is -1.91. The molecule has 0 atom stereocenters. The SMILES string of the molecule is O=Cc1ccc(Oc2cc(F)ccc2F)cc1Cl. The summed E-state index contributed by atoms with van der Waals surface area (Å²) in [6.45, 7) is 0. The number of carbonyl (C=O) groups is 1. The molecule has 0 aliphatic heterocycles. The summed E-state index contributed by atoms with van der Waals surface area (Å²) in [5.74, 6) is -1.32. The largest absolute Gasteiger partial charge is 0.454 e. The van der Waals surface area contributed by atoms with Gasteiger partial charge in [-0.05, 0) is 24.3 Å². The summed E-state index contributed by atoms with van der Waals surface area (Å²) < 4.78 is 31.4. The van der Waals surface area contributed by atoms with Crippen LogP contribution in [-0.2, 0) is 0 Å². The van der Waals surface area contributed by atoms with Gasteiger partial charge in [-0.1, -0.05) is 11.6 Å². The van der Waals surface area contributed by atoms with Crippen LogP contribution >= 0.6 is 11.6 Å². The zero-order valence-corrected chi connectivity index (χ0v) is 9.75. The maximum absolute atomic E-state index is 13.3. The Hall–Kier alpha value is -1.94. The lowest BCUT2D eigenvalue weighted by atomic mass is 10.2. The average molecular weight is 269 g/mol. The Morgan fingerprint density at radius 1 is 1.11 bits per heavy atom. The highest BCUT2D eigenvalue weighted by molar-refractivity contribution is 6.33. The van der Waals surface area contributed by atoms with E-state index in [0.29, 0.717) is 11.8 Å². The van der Waals surface area contributed by atoms with Crippen molar-refractivity contribution >= 4 is 17.9 Å². The molecule has 92 valence electrons. The van der Waals surface area contributed by atoms with Gasteiger partial charge in [0, 0.05) is 17.7 Å². The van der Waals surface area contributed by atoms with Gasteiger partial charge in [0.2, 0.25) is 0 Å². The molecule has 0 aliphatic rings. The van der Waals surface area contributed by atoms with E-state index in [9.17, 15) is 13.6 Å². The minimum Gasteiger partial charge on any atom is -0.454 e. The minimum absolute atomic E-state index is 0.180. The Bertz CT molecular complexity index is 600. The van der Waals surface area contributed by atoms with E-state index in [1.807, 2.05) is 0 Å². The number of hydrogen-bond acceptors (Lipinski definition) is 2. The summed E-state index contributed by atoms with van der Waals surface area (Å²) in [4.78, 5) is 10.6. The van der Waals surface area contributed by atoms with E-state index >= 15 is 0 Å². The molecule has 0 bridgehead atoms. The van der Waals surface area contributed by atoms with E-state index in [2.05, 4.69) is 0 Å². The van der Waals surface area contributed by atoms with Crippen molar-refractivity contribution in [3.8, 4) is 11.5 Å². The fourth-order valence-electron chi connectivity index (χ4n) is 1.35. The number of halogens is 3. The number of carbonyl (C=O) groups excluding carboxylic acids is 1. The van der Waals surface area contributed by atoms with Crippen molar-refractivity contribution in [2.45, 2.75) is 0 Å². The molecule has 2 rings (SSSR count). The van der Waals surface area contributed by atoms with E-state index in [-0.39, 0.29) is 16.5 Å². The summed E-state index contributed by atoms with van der Waals surface area (Å²) in [5, 5.41) is 0.180. The van der Waals surface area contributed by atoms with Gasteiger partial charge in [-0.25, -0.2) is 8.78 Å². The molecule has 0 amide bonds. The smallest absolute Gasteiger partial charge is 0.165 e.